The van der Waals surface area contributed by atoms with Gasteiger partial charge in [-0.05, 0) is 55.4 Å². The van der Waals surface area contributed by atoms with E-state index in [0.717, 1.165) is 22.9 Å². The highest BCUT2D eigenvalue weighted by Crippen LogP contribution is 2.51. The summed E-state index contributed by atoms with van der Waals surface area (Å²) in [7, 11) is 2.87. The van der Waals surface area contributed by atoms with Crippen molar-refractivity contribution in [2.24, 2.45) is 11.7 Å². The number of hydrogen-bond acceptors (Lipinski definition) is 7. The van der Waals surface area contributed by atoms with Crippen molar-refractivity contribution in [3.8, 4) is 17.2 Å². The van der Waals surface area contributed by atoms with E-state index < -0.39 is 29.1 Å². The molecule has 3 atom stereocenters. The Morgan fingerprint density at radius 2 is 1.76 bits per heavy atom. The molecule has 9 nitrogen and oxygen atoms in total. The van der Waals surface area contributed by atoms with E-state index in [9.17, 15) is 19.8 Å². The summed E-state index contributed by atoms with van der Waals surface area (Å²) in [5.74, 6) is -2.17. The molecule has 3 rings (SSSR count). The van der Waals surface area contributed by atoms with Crippen LogP contribution in [0.3, 0.4) is 0 Å². The number of nitrogens with two attached hydrogens (primary N) is 1. The molecule has 37 heavy (non-hydrogen) atoms. The highest BCUT2D eigenvalue weighted by atomic mass is 79.9. The van der Waals surface area contributed by atoms with Crippen molar-refractivity contribution in [2.75, 3.05) is 14.2 Å². The summed E-state index contributed by atoms with van der Waals surface area (Å²) >= 11 is 3.40. The maximum atomic E-state index is 13.2. The lowest BCUT2D eigenvalue weighted by Crippen LogP contribution is -2.54. The molecule has 0 radical (unpaired) electrons. The molecule has 0 spiro atoms. The monoisotopic (exact) mass is 577 g/mol. The van der Waals surface area contributed by atoms with Gasteiger partial charge in [-0.1, -0.05) is 47.0 Å². The maximum Gasteiger partial charge on any atom is 0.323 e. The minimum absolute atomic E-state index is 0.00270. The fourth-order valence-corrected chi connectivity index (χ4v) is 5.20. The third-order valence-corrected chi connectivity index (χ3v) is 7.09. The number of rotatable bonds is 8. The lowest BCUT2D eigenvalue weighted by Gasteiger charge is -2.40. The number of benzene rings is 2. The normalized spacial score (nSPS) is 18.7. The van der Waals surface area contributed by atoms with Crippen LogP contribution >= 0.6 is 15.9 Å². The molecule has 200 valence electrons. The Morgan fingerprint density at radius 3 is 2.32 bits per heavy atom. The number of carbonyl (C=O) groups excluding carboxylic acids is 1. The Balaban J connectivity index is 0.00000153. The highest BCUT2D eigenvalue weighted by molar-refractivity contribution is 9.10. The lowest BCUT2D eigenvalue weighted by molar-refractivity contribution is -0.145. The van der Waals surface area contributed by atoms with Crippen LogP contribution in [-0.2, 0) is 9.59 Å². The number of hydrogen-bond donors (Lipinski definition) is 4. The maximum absolute atomic E-state index is 13.2. The summed E-state index contributed by atoms with van der Waals surface area (Å²) in [6, 6.07) is 9.02. The van der Waals surface area contributed by atoms with Crippen molar-refractivity contribution in [3.63, 3.8) is 0 Å². The number of phenols is 1. The van der Waals surface area contributed by atoms with Gasteiger partial charge in [-0.2, -0.15) is 0 Å². The van der Waals surface area contributed by atoms with Gasteiger partial charge in [0.15, 0.2) is 5.78 Å². The first-order valence-electron chi connectivity index (χ1n) is 11.6. The van der Waals surface area contributed by atoms with Crippen LogP contribution < -0.4 is 15.2 Å². The van der Waals surface area contributed by atoms with Crippen molar-refractivity contribution in [3.05, 3.63) is 57.6 Å². The highest BCUT2D eigenvalue weighted by Gasteiger charge is 2.45. The molecule has 0 aromatic heterocycles. The average molecular weight is 578 g/mol. The topological polar surface area (TPSA) is 156 Å². The van der Waals surface area contributed by atoms with Crippen molar-refractivity contribution < 1.29 is 39.2 Å². The summed E-state index contributed by atoms with van der Waals surface area (Å²) in [5.41, 5.74) is 5.95. The van der Waals surface area contributed by atoms with Gasteiger partial charge in [-0.15, -0.1) is 0 Å². The quantitative estimate of drug-likeness (QED) is 0.195. The van der Waals surface area contributed by atoms with Gasteiger partial charge in [0.25, 0.3) is 6.47 Å². The SMILES string of the molecule is COc1cc(OC)c([C@@H]2CCCC[C@H]2[C@](C)(N)C(=O)O)c(O)c1C(=O)C=Cc1cccc(Br)c1.O=CO. The van der Waals surface area contributed by atoms with Crippen LogP contribution in [0, 0.1) is 5.92 Å². The molecule has 1 aliphatic rings. The number of allylic oxidation sites excluding steroid dienone is 1. The molecule has 0 heterocycles. The largest absolute Gasteiger partial charge is 0.507 e. The lowest BCUT2D eigenvalue weighted by atomic mass is 9.66. The molecule has 10 heteroatoms. The van der Waals surface area contributed by atoms with Gasteiger partial charge in [0.1, 0.15) is 28.4 Å². The minimum Gasteiger partial charge on any atom is -0.507 e. The summed E-state index contributed by atoms with van der Waals surface area (Å²) in [4.78, 5) is 33.5. The van der Waals surface area contributed by atoms with Crippen LogP contribution in [0.25, 0.3) is 6.08 Å². The van der Waals surface area contributed by atoms with E-state index in [2.05, 4.69) is 15.9 Å². The number of halogens is 1. The summed E-state index contributed by atoms with van der Waals surface area (Å²) < 4.78 is 11.8. The first-order valence-corrected chi connectivity index (χ1v) is 12.4. The van der Waals surface area contributed by atoms with Gasteiger partial charge in [0.05, 0.1) is 14.2 Å². The molecule has 1 fully saturated rings. The van der Waals surface area contributed by atoms with Crippen LogP contribution in [0.4, 0.5) is 0 Å². The Bertz CT molecular complexity index is 1160. The molecule has 0 aliphatic heterocycles. The molecular weight excluding hydrogens is 546 g/mol. The number of methoxy groups -OCH3 is 2. The van der Waals surface area contributed by atoms with Crippen molar-refractivity contribution in [1.29, 1.82) is 0 Å². The first-order chi connectivity index (χ1) is 17.5. The Morgan fingerprint density at radius 1 is 1.14 bits per heavy atom. The van der Waals surface area contributed by atoms with Gasteiger partial charge >= 0.3 is 5.97 Å². The average Bonchev–Trinajstić information content (AvgIpc) is 2.87. The van der Waals surface area contributed by atoms with E-state index >= 15 is 0 Å². The number of carboxylic acid groups (broad SMARTS) is 2. The summed E-state index contributed by atoms with van der Waals surface area (Å²) in [6.45, 7) is 1.25. The minimum atomic E-state index is -1.51. The van der Waals surface area contributed by atoms with E-state index in [1.807, 2.05) is 24.3 Å². The first kappa shape index (κ1) is 29.9. The van der Waals surface area contributed by atoms with Gasteiger partial charge in [-0.3, -0.25) is 14.4 Å². The number of phenolic OH excluding ortho intramolecular Hbond substituents is 1. The molecule has 5 N–H and O–H groups in total. The fraction of sp³-hybridized carbons (Fsp3) is 0.370. The van der Waals surface area contributed by atoms with Gasteiger partial charge in [0, 0.05) is 16.1 Å². The summed E-state index contributed by atoms with van der Waals surface area (Å²) in [5, 5.41) is 28.0. The van der Waals surface area contributed by atoms with Crippen molar-refractivity contribution in [1.82, 2.24) is 0 Å². The zero-order chi connectivity index (χ0) is 27.8. The van der Waals surface area contributed by atoms with Crippen LogP contribution in [-0.4, -0.2) is 53.3 Å². The van der Waals surface area contributed by atoms with E-state index in [1.165, 1.54) is 27.2 Å². The number of aromatic hydroxyl groups is 1. The molecule has 0 saturated heterocycles. The second kappa shape index (κ2) is 13.3. The predicted octanol–water partition coefficient (Wildman–Crippen LogP) is 4.84. The van der Waals surface area contributed by atoms with Crippen LogP contribution in [0.15, 0.2) is 40.9 Å². The smallest absolute Gasteiger partial charge is 0.323 e. The second-order valence-corrected chi connectivity index (χ2v) is 9.78. The molecule has 2 aromatic rings. The second-order valence-electron chi connectivity index (χ2n) is 8.86. The summed E-state index contributed by atoms with van der Waals surface area (Å²) in [6.07, 6.45) is 5.91. The van der Waals surface area contributed by atoms with Crippen molar-refractivity contribution >= 4 is 40.2 Å². The fourth-order valence-electron chi connectivity index (χ4n) is 4.78. The standard InChI is InChI=1S/C26H30BrNO6.CH2O2/c1-26(28,25(31)32)18-10-5-4-9-17(18)22-20(33-2)14-21(34-3)23(24(22)30)19(29)12-11-15-7-6-8-16(27)13-15;2-1-3/h6-8,11-14,17-18,30H,4-5,9-10,28H2,1-3H3,(H,31,32);1H,(H,2,3)/t17-,18-,26+;/m1./s1. The molecule has 0 bridgehead atoms. The van der Waals surface area contributed by atoms with Gasteiger partial charge in [-0.25, -0.2) is 0 Å². The number of carbonyl (C=O) groups is 3. The van der Waals surface area contributed by atoms with Crippen LogP contribution in [0.1, 0.15) is 60.0 Å². The number of aliphatic carboxylic acids is 1. The molecule has 0 unspecified atom stereocenters. The molecule has 0 amide bonds. The van der Waals surface area contributed by atoms with Gasteiger partial charge in [0.2, 0.25) is 0 Å². The third-order valence-electron chi connectivity index (χ3n) is 6.60. The van der Waals surface area contributed by atoms with Crippen molar-refractivity contribution in [2.45, 2.75) is 44.1 Å². The Labute approximate surface area is 224 Å². The zero-order valence-electron chi connectivity index (χ0n) is 20.9. The molecule has 2 aromatic carbocycles. The van der Waals surface area contributed by atoms with Crippen LogP contribution in [0.5, 0.6) is 17.2 Å². The Kier molecular flexibility index (Phi) is 10.7. The van der Waals surface area contributed by atoms with Crippen LogP contribution in [0.2, 0.25) is 0 Å². The molecule has 1 saturated carbocycles. The van der Waals surface area contributed by atoms with E-state index in [0.29, 0.717) is 24.2 Å². The van der Waals surface area contributed by atoms with Gasteiger partial charge < -0.3 is 30.5 Å². The number of ketones is 1. The predicted molar refractivity (Wildman–Crippen MR) is 142 cm³/mol. The third kappa shape index (κ3) is 6.90. The number of ether oxygens (including phenoxy) is 2. The Hall–Kier alpha value is -3.37. The van der Waals surface area contributed by atoms with E-state index in [-0.39, 0.29) is 23.5 Å². The van der Waals surface area contributed by atoms with E-state index in [4.69, 9.17) is 25.1 Å². The molecule has 1 aliphatic carbocycles. The zero-order valence-corrected chi connectivity index (χ0v) is 22.5. The number of carboxylic acids is 1. The molecular formula is C27H32BrNO8. The van der Waals surface area contributed by atoms with E-state index in [1.54, 1.807) is 12.1 Å².